The second-order valence-electron chi connectivity index (χ2n) is 6.59. The molecule has 1 aliphatic heterocycles. The van der Waals surface area contributed by atoms with Crippen LogP contribution in [0.25, 0.3) is 0 Å². The summed E-state index contributed by atoms with van der Waals surface area (Å²) in [4.78, 5) is 12.7. The Morgan fingerprint density at radius 1 is 1.07 bits per heavy atom. The number of carbonyl (C=O) groups is 1. The number of piperidine rings is 1. The number of benzene rings is 2. The number of ether oxygens (including phenoxy) is 2. The molecule has 2 aromatic carbocycles. The van der Waals surface area contributed by atoms with Crippen molar-refractivity contribution in [2.75, 3.05) is 19.8 Å². The van der Waals surface area contributed by atoms with Gasteiger partial charge in [-0.25, -0.2) is 8.42 Å². The summed E-state index contributed by atoms with van der Waals surface area (Å²) in [6, 6.07) is 15.9. The van der Waals surface area contributed by atoms with Gasteiger partial charge in [0.1, 0.15) is 25.0 Å². The summed E-state index contributed by atoms with van der Waals surface area (Å²) in [6.45, 7) is 0.434. The van der Waals surface area contributed by atoms with Gasteiger partial charge in [0.05, 0.1) is 16.5 Å². The van der Waals surface area contributed by atoms with Crippen molar-refractivity contribution in [1.82, 2.24) is 4.31 Å². The van der Waals surface area contributed by atoms with E-state index in [0.29, 0.717) is 30.7 Å². The summed E-state index contributed by atoms with van der Waals surface area (Å²) in [6.07, 6.45) is 1.90. The fraction of sp³-hybridized carbons (Fsp3) is 0.333. The van der Waals surface area contributed by atoms with E-state index in [1.165, 1.54) is 16.4 Å². The fourth-order valence-electron chi connectivity index (χ4n) is 3.18. The largest absolute Gasteiger partial charge is 0.490 e. The topological polar surface area (TPSA) is 96.7 Å². The molecule has 7 nitrogen and oxygen atoms in total. The number of hydrogen-bond acceptors (Lipinski definition) is 6. The molecule has 0 spiro atoms. The molecule has 1 aliphatic rings. The SMILES string of the molecule is N#Cc1ccc(OCCOC(=O)[C@@H]2CCCCN2S(=O)(=O)c2ccccc2)cc1. The fourth-order valence-corrected chi connectivity index (χ4v) is 4.85. The molecule has 29 heavy (non-hydrogen) atoms. The standard InChI is InChI=1S/C21H22N2O5S/c22-16-17-9-11-18(12-10-17)27-14-15-28-21(24)20-8-4-5-13-23(20)29(25,26)19-6-2-1-3-7-19/h1-3,6-7,9-12,20H,4-5,8,13-15H2/t20-/m0/s1. The normalized spacial score (nSPS) is 17.3. The van der Waals surface area contributed by atoms with Crippen LogP contribution in [0.1, 0.15) is 24.8 Å². The number of nitriles is 1. The molecule has 0 bridgehead atoms. The Bertz CT molecular complexity index is 968. The average molecular weight is 414 g/mol. The summed E-state index contributed by atoms with van der Waals surface area (Å²) in [5.41, 5.74) is 0.529. The highest BCUT2D eigenvalue weighted by molar-refractivity contribution is 7.89. The Morgan fingerprint density at radius 2 is 1.79 bits per heavy atom. The van der Waals surface area contributed by atoms with Gasteiger partial charge in [0, 0.05) is 6.54 Å². The van der Waals surface area contributed by atoms with Crippen LogP contribution in [0.3, 0.4) is 0 Å². The van der Waals surface area contributed by atoms with Crippen LogP contribution < -0.4 is 4.74 Å². The third-order valence-electron chi connectivity index (χ3n) is 4.66. The maximum Gasteiger partial charge on any atom is 0.324 e. The van der Waals surface area contributed by atoms with Gasteiger partial charge in [0.2, 0.25) is 10.0 Å². The van der Waals surface area contributed by atoms with E-state index in [1.807, 2.05) is 6.07 Å². The molecule has 2 aromatic rings. The first-order valence-electron chi connectivity index (χ1n) is 9.39. The molecule has 0 N–H and O–H groups in total. The molecule has 8 heteroatoms. The monoisotopic (exact) mass is 414 g/mol. The Hall–Kier alpha value is -2.89. The van der Waals surface area contributed by atoms with Gasteiger partial charge in [-0.05, 0) is 55.7 Å². The van der Waals surface area contributed by atoms with Crippen LogP contribution in [-0.2, 0) is 19.6 Å². The van der Waals surface area contributed by atoms with Gasteiger partial charge in [-0.15, -0.1) is 0 Å². The maximum atomic E-state index is 12.9. The molecular weight excluding hydrogens is 392 g/mol. The summed E-state index contributed by atoms with van der Waals surface area (Å²) in [5.74, 6) is -0.00127. The number of rotatable bonds is 7. The van der Waals surface area contributed by atoms with E-state index >= 15 is 0 Å². The van der Waals surface area contributed by atoms with E-state index in [4.69, 9.17) is 14.7 Å². The highest BCUT2D eigenvalue weighted by Gasteiger charge is 2.38. The highest BCUT2D eigenvalue weighted by Crippen LogP contribution is 2.26. The predicted octanol–water partition coefficient (Wildman–Crippen LogP) is 2.72. The van der Waals surface area contributed by atoms with Crippen LogP contribution in [0, 0.1) is 11.3 Å². The Labute approximate surface area is 170 Å². The van der Waals surface area contributed by atoms with Crippen molar-refractivity contribution >= 4 is 16.0 Å². The lowest BCUT2D eigenvalue weighted by molar-refractivity contribution is -0.149. The van der Waals surface area contributed by atoms with Crippen molar-refractivity contribution in [3.8, 4) is 11.8 Å². The highest BCUT2D eigenvalue weighted by atomic mass is 32.2. The van der Waals surface area contributed by atoms with Gasteiger partial charge in [-0.3, -0.25) is 4.79 Å². The van der Waals surface area contributed by atoms with Crippen molar-refractivity contribution < 1.29 is 22.7 Å². The van der Waals surface area contributed by atoms with Crippen LogP contribution in [-0.4, -0.2) is 44.5 Å². The van der Waals surface area contributed by atoms with Gasteiger partial charge >= 0.3 is 5.97 Å². The third kappa shape index (κ3) is 5.13. The van der Waals surface area contributed by atoms with Crippen LogP contribution in [0.2, 0.25) is 0 Å². The van der Waals surface area contributed by atoms with E-state index in [-0.39, 0.29) is 18.1 Å². The minimum Gasteiger partial charge on any atom is -0.490 e. The second kappa shape index (κ2) is 9.54. The molecule has 3 rings (SSSR count). The summed E-state index contributed by atoms with van der Waals surface area (Å²) in [5, 5.41) is 8.78. The zero-order valence-corrected chi connectivity index (χ0v) is 16.7. The Balaban J connectivity index is 1.57. The molecule has 0 aromatic heterocycles. The van der Waals surface area contributed by atoms with Crippen LogP contribution in [0.4, 0.5) is 0 Å². The minimum absolute atomic E-state index is 0.00849. The predicted molar refractivity (Wildman–Crippen MR) is 106 cm³/mol. The first-order chi connectivity index (χ1) is 14.0. The summed E-state index contributed by atoms with van der Waals surface area (Å²) in [7, 11) is -3.76. The number of nitrogens with zero attached hydrogens (tertiary/aromatic N) is 2. The zero-order valence-electron chi connectivity index (χ0n) is 15.9. The quantitative estimate of drug-likeness (QED) is 0.510. The molecule has 0 saturated carbocycles. The summed E-state index contributed by atoms with van der Waals surface area (Å²) >= 11 is 0. The zero-order chi connectivity index (χ0) is 20.7. The minimum atomic E-state index is -3.76. The lowest BCUT2D eigenvalue weighted by atomic mass is 10.1. The van der Waals surface area contributed by atoms with Gasteiger partial charge < -0.3 is 9.47 Å². The molecule has 1 atom stereocenters. The molecule has 152 valence electrons. The Kier molecular flexibility index (Phi) is 6.86. The molecule has 1 saturated heterocycles. The molecule has 1 heterocycles. The van der Waals surface area contributed by atoms with Gasteiger partial charge in [0.25, 0.3) is 0 Å². The molecular formula is C21H22N2O5S. The lowest BCUT2D eigenvalue weighted by Crippen LogP contribution is -2.48. The molecule has 0 radical (unpaired) electrons. The van der Waals surface area contributed by atoms with Crippen molar-refractivity contribution in [2.45, 2.75) is 30.2 Å². The molecule has 1 fully saturated rings. The maximum absolute atomic E-state index is 12.9. The van der Waals surface area contributed by atoms with E-state index in [9.17, 15) is 13.2 Å². The van der Waals surface area contributed by atoms with Crippen molar-refractivity contribution in [3.63, 3.8) is 0 Å². The first kappa shape index (κ1) is 20.8. The summed E-state index contributed by atoms with van der Waals surface area (Å²) < 4.78 is 37.9. The smallest absolute Gasteiger partial charge is 0.324 e. The number of carbonyl (C=O) groups excluding carboxylic acids is 1. The van der Waals surface area contributed by atoms with Crippen LogP contribution in [0.5, 0.6) is 5.75 Å². The van der Waals surface area contributed by atoms with E-state index < -0.39 is 22.0 Å². The molecule has 0 unspecified atom stereocenters. The van der Waals surface area contributed by atoms with Crippen molar-refractivity contribution in [1.29, 1.82) is 5.26 Å². The number of esters is 1. The average Bonchev–Trinajstić information content (AvgIpc) is 2.77. The van der Waals surface area contributed by atoms with Crippen molar-refractivity contribution in [2.24, 2.45) is 0 Å². The number of hydrogen-bond donors (Lipinski definition) is 0. The van der Waals surface area contributed by atoms with Crippen LogP contribution >= 0.6 is 0 Å². The molecule has 0 amide bonds. The van der Waals surface area contributed by atoms with E-state index in [0.717, 1.165) is 6.42 Å². The second-order valence-corrected chi connectivity index (χ2v) is 8.48. The van der Waals surface area contributed by atoms with Gasteiger partial charge in [-0.2, -0.15) is 9.57 Å². The Morgan fingerprint density at radius 3 is 2.48 bits per heavy atom. The first-order valence-corrected chi connectivity index (χ1v) is 10.8. The van der Waals surface area contributed by atoms with E-state index in [2.05, 4.69) is 0 Å². The molecule has 0 aliphatic carbocycles. The third-order valence-corrected chi connectivity index (χ3v) is 6.58. The van der Waals surface area contributed by atoms with Crippen molar-refractivity contribution in [3.05, 3.63) is 60.2 Å². The van der Waals surface area contributed by atoms with Gasteiger partial charge in [-0.1, -0.05) is 18.2 Å². The van der Waals surface area contributed by atoms with Crippen LogP contribution in [0.15, 0.2) is 59.5 Å². The van der Waals surface area contributed by atoms with Gasteiger partial charge in [0.15, 0.2) is 0 Å². The number of sulfonamides is 1. The van der Waals surface area contributed by atoms with E-state index in [1.54, 1.807) is 42.5 Å². The lowest BCUT2D eigenvalue weighted by Gasteiger charge is -2.33.